The van der Waals surface area contributed by atoms with Gasteiger partial charge in [0.2, 0.25) is 0 Å². The topological polar surface area (TPSA) is 80.3 Å². The zero-order valence-electron chi connectivity index (χ0n) is 11.2. The summed E-state index contributed by atoms with van der Waals surface area (Å²) in [6, 6.07) is 0.528. The molecule has 0 saturated heterocycles. The number of carbonyl (C=O) groups is 2. The number of rotatable bonds is 7. The normalized spacial score (nSPS) is 14.2. The average molecular weight is 295 g/mol. The SMILES string of the molecule is COC(=O)/C=C/CCNC(=O)c1csc(NC2CC2)n1. The molecule has 1 saturated carbocycles. The molecule has 0 spiro atoms. The molecule has 1 aromatic heterocycles. The highest BCUT2D eigenvalue weighted by Gasteiger charge is 2.22. The monoisotopic (exact) mass is 295 g/mol. The fourth-order valence-corrected chi connectivity index (χ4v) is 2.22. The van der Waals surface area contributed by atoms with Gasteiger partial charge >= 0.3 is 5.97 Å². The molecular formula is C13H17N3O3S. The van der Waals surface area contributed by atoms with Crippen LogP contribution in [0.15, 0.2) is 17.5 Å². The van der Waals surface area contributed by atoms with E-state index in [-0.39, 0.29) is 5.91 Å². The second-order valence-electron chi connectivity index (χ2n) is 4.43. The number of hydrogen-bond acceptors (Lipinski definition) is 6. The second kappa shape index (κ2) is 7.04. The van der Waals surface area contributed by atoms with E-state index in [0.29, 0.717) is 24.7 Å². The Morgan fingerprint density at radius 3 is 3.05 bits per heavy atom. The zero-order valence-corrected chi connectivity index (χ0v) is 12.0. The summed E-state index contributed by atoms with van der Waals surface area (Å²) in [5.74, 6) is -0.594. The zero-order chi connectivity index (χ0) is 14.4. The van der Waals surface area contributed by atoms with E-state index in [1.54, 1.807) is 11.5 Å². The summed E-state index contributed by atoms with van der Waals surface area (Å²) in [5.41, 5.74) is 0.426. The molecule has 1 aliphatic carbocycles. The maximum absolute atomic E-state index is 11.8. The number of nitrogens with zero attached hydrogens (tertiary/aromatic N) is 1. The molecule has 2 N–H and O–H groups in total. The number of amides is 1. The summed E-state index contributed by atoms with van der Waals surface area (Å²) in [6.07, 6.45) is 5.92. The van der Waals surface area contributed by atoms with Gasteiger partial charge in [0.15, 0.2) is 5.13 Å². The van der Waals surface area contributed by atoms with Gasteiger partial charge in [0.25, 0.3) is 5.91 Å². The lowest BCUT2D eigenvalue weighted by molar-refractivity contribution is -0.134. The van der Waals surface area contributed by atoms with Crippen LogP contribution in [0.4, 0.5) is 5.13 Å². The third kappa shape index (κ3) is 4.65. The van der Waals surface area contributed by atoms with Gasteiger partial charge < -0.3 is 15.4 Å². The van der Waals surface area contributed by atoms with Gasteiger partial charge in [0.05, 0.1) is 7.11 Å². The van der Waals surface area contributed by atoms with Gasteiger partial charge in [-0.1, -0.05) is 6.08 Å². The van der Waals surface area contributed by atoms with Crippen LogP contribution in [0.1, 0.15) is 29.8 Å². The Morgan fingerprint density at radius 2 is 2.35 bits per heavy atom. The first-order valence-corrected chi connectivity index (χ1v) is 7.31. The lowest BCUT2D eigenvalue weighted by Gasteiger charge is -2.00. The molecule has 108 valence electrons. The van der Waals surface area contributed by atoms with Crippen LogP contribution in [-0.4, -0.2) is 36.6 Å². The van der Waals surface area contributed by atoms with Crippen molar-refractivity contribution in [2.45, 2.75) is 25.3 Å². The number of hydrogen-bond donors (Lipinski definition) is 2. The van der Waals surface area contributed by atoms with Crippen LogP contribution in [0, 0.1) is 0 Å². The van der Waals surface area contributed by atoms with E-state index in [0.717, 1.165) is 5.13 Å². The highest BCUT2D eigenvalue weighted by Crippen LogP contribution is 2.26. The number of thiazole rings is 1. The molecule has 1 amide bonds. The van der Waals surface area contributed by atoms with E-state index in [9.17, 15) is 9.59 Å². The van der Waals surface area contributed by atoms with E-state index in [1.807, 2.05) is 0 Å². The van der Waals surface area contributed by atoms with E-state index in [1.165, 1.54) is 37.4 Å². The minimum absolute atomic E-state index is 0.198. The minimum Gasteiger partial charge on any atom is -0.466 e. The highest BCUT2D eigenvalue weighted by atomic mass is 32.1. The summed E-state index contributed by atoms with van der Waals surface area (Å²) in [5, 5.41) is 8.53. The van der Waals surface area contributed by atoms with Crippen molar-refractivity contribution in [2.75, 3.05) is 19.0 Å². The first-order chi connectivity index (χ1) is 9.69. The number of methoxy groups -OCH3 is 1. The number of ether oxygens (including phenoxy) is 1. The van der Waals surface area contributed by atoms with Gasteiger partial charge in [-0.25, -0.2) is 9.78 Å². The van der Waals surface area contributed by atoms with Crippen LogP contribution < -0.4 is 10.6 Å². The third-order valence-corrected chi connectivity index (χ3v) is 3.47. The molecule has 1 aromatic rings. The number of aromatic nitrogens is 1. The van der Waals surface area contributed by atoms with Crippen molar-refractivity contribution in [3.8, 4) is 0 Å². The van der Waals surface area contributed by atoms with Crippen molar-refractivity contribution in [3.63, 3.8) is 0 Å². The molecule has 0 unspecified atom stereocenters. The molecule has 7 heteroatoms. The van der Waals surface area contributed by atoms with E-state index in [4.69, 9.17) is 0 Å². The van der Waals surface area contributed by atoms with Crippen LogP contribution in [-0.2, 0) is 9.53 Å². The fourth-order valence-electron chi connectivity index (χ4n) is 1.45. The number of anilines is 1. The molecule has 0 aromatic carbocycles. The van der Waals surface area contributed by atoms with Crippen molar-refractivity contribution in [1.82, 2.24) is 10.3 Å². The van der Waals surface area contributed by atoms with Gasteiger partial charge in [-0.15, -0.1) is 11.3 Å². The summed E-state index contributed by atoms with van der Waals surface area (Å²) >= 11 is 1.44. The Bertz CT molecular complexity index is 509. The molecule has 1 fully saturated rings. The van der Waals surface area contributed by atoms with Crippen molar-refractivity contribution in [3.05, 3.63) is 23.2 Å². The summed E-state index contributed by atoms with van der Waals surface area (Å²) in [6.45, 7) is 0.454. The molecule has 6 nitrogen and oxygen atoms in total. The van der Waals surface area contributed by atoms with E-state index >= 15 is 0 Å². The predicted octanol–water partition coefficient (Wildman–Crippen LogP) is 1.57. The summed E-state index contributed by atoms with van der Waals surface area (Å²) < 4.78 is 4.46. The lowest BCUT2D eigenvalue weighted by atomic mass is 10.3. The molecule has 0 atom stereocenters. The highest BCUT2D eigenvalue weighted by molar-refractivity contribution is 7.13. The molecule has 1 heterocycles. The Labute approximate surface area is 121 Å². The Kier molecular flexibility index (Phi) is 5.11. The van der Waals surface area contributed by atoms with Gasteiger partial charge in [-0.2, -0.15) is 0 Å². The molecule has 1 aliphatic rings. The third-order valence-electron chi connectivity index (χ3n) is 2.69. The van der Waals surface area contributed by atoms with Crippen LogP contribution in [0.5, 0.6) is 0 Å². The molecule has 20 heavy (non-hydrogen) atoms. The van der Waals surface area contributed by atoms with Crippen LogP contribution in [0.3, 0.4) is 0 Å². The van der Waals surface area contributed by atoms with Crippen LogP contribution in [0.25, 0.3) is 0 Å². The molecule has 0 aliphatic heterocycles. The molecule has 2 rings (SSSR count). The van der Waals surface area contributed by atoms with Gasteiger partial charge in [0, 0.05) is 24.0 Å². The standard InChI is InChI=1S/C13H17N3O3S/c1-19-11(17)4-2-3-7-14-12(18)10-8-20-13(16-10)15-9-5-6-9/h2,4,8-9H,3,5-7H2,1H3,(H,14,18)(H,15,16)/b4-2+. The largest absolute Gasteiger partial charge is 0.466 e. The average Bonchev–Trinajstić information content (AvgIpc) is 3.13. The molecular weight excluding hydrogens is 278 g/mol. The van der Waals surface area contributed by atoms with Gasteiger partial charge in [0.1, 0.15) is 5.69 Å². The number of esters is 1. The van der Waals surface area contributed by atoms with E-state index < -0.39 is 5.97 Å². The lowest BCUT2D eigenvalue weighted by Crippen LogP contribution is -2.24. The van der Waals surface area contributed by atoms with Gasteiger partial charge in [-0.05, 0) is 19.3 Å². The summed E-state index contributed by atoms with van der Waals surface area (Å²) in [4.78, 5) is 26.9. The predicted molar refractivity (Wildman–Crippen MR) is 76.9 cm³/mol. The van der Waals surface area contributed by atoms with Crippen LogP contribution in [0.2, 0.25) is 0 Å². The Hall–Kier alpha value is -1.89. The minimum atomic E-state index is -0.397. The quantitative estimate of drug-likeness (QED) is 0.453. The summed E-state index contributed by atoms with van der Waals surface area (Å²) in [7, 11) is 1.32. The Morgan fingerprint density at radius 1 is 1.55 bits per heavy atom. The molecule has 0 bridgehead atoms. The smallest absolute Gasteiger partial charge is 0.330 e. The number of nitrogens with one attached hydrogen (secondary N) is 2. The van der Waals surface area contributed by atoms with Crippen molar-refractivity contribution >= 4 is 28.3 Å². The van der Waals surface area contributed by atoms with Crippen molar-refractivity contribution < 1.29 is 14.3 Å². The van der Waals surface area contributed by atoms with Crippen LogP contribution >= 0.6 is 11.3 Å². The van der Waals surface area contributed by atoms with E-state index in [2.05, 4.69) is 20.4 Å². The molecule has 0 radical (unpaired) electrons. The first kappa shape index (κ1) is 14.5. The maximum Gasteiger partial charge on any atom is 0.330 e. The second-order valence-corrected chi connectivity index (χ2v) is 5.28. The fraction of sp³-hybridized carbons (Fsp3) is 0.462. The maximum atomic E-state index is 11.8. The first-order valence-electron chi connectivity index (χ1n) is 6.44. The van der Waals surface area contributed by atoms with Gasteiger partial charge in [-0.3, -0.25) is 4.79 Å². The van der Waals surface area contributed by atoms with Crippen molar-refractivity contribution in [1.29, 1.82) is 0 Å². The number of carbonyl (C=O) groups excluding carboxylic acids is 2. The van der Waals surface area contributed by atoms with Crippen molar-refractivity contribution in [2.24, 2.45) is 0 Å². The Balaban J connectivity index is 1.69.